The van der Waals surface area contributed by atoms with Crippen molar-refractivity contribution in [2.75, 3.05) is 5.75 Å². The molecule has 0 saturated carbocycles. The van der Waals surface area contributed by atoms with Gasteiger partial charge in [-0.25, -0.2) is 0 Å². The molecule has 0 fully saturated rings. The maximum atomic E-state index is 2.47. The van der Waals surface area contributed by atoms with Crippen LogP contribution in [0.4, 0.5) is 0 Å². The van der Waals surface area contributed by atoms with Crippen LogP contribution in [0.25, 0.3) is 10.9 Å². The van der Waals surface area contributed by atoms with E-state index in [1.807, 2.05) is 11.8 Å². The minimum absolute atomic E-state index is 0.530. The average molecular weight is 247 g/mol. The summed E-state index contributed by atoms with van der Waals surface area (Å²) in [4.78, 5) is 0. The van der Waals surface area contributed by atoms with Gasteiger partial charge in [-0.1, -0.05) is 18.6 Å². The highest BCUT2D eigenvalue weighted by Gasteiger charge is 2.11. The number of thioether (sulfide) groups is 1. The highest BCUT2D eigenvalue weighted by atomic mass is 32.2. The van der Waals surface area contributed by atoms with Gasteiger partial charge in [-0.05, 0) is 44.7 Å². The predicted molar refractivity (Wildman–Crippen MR) is 78.9 cm³/mol. The molecule has 0 N–H and O–H groups in total. The first-order valence-electron chi connectivity index (χ1n) is 6.31. The molecule has 0 saturated heterocycles. The molecule has 0 radical (unpaired) electrons. The Hall–Kier alpha value is -0.890. The Morgan fingerprint density at radius 2 is 2.00 bits per heavy atom. The lowest BCUT2D eigenvalue weighted by Gasteiger charge is -2.14. The van der Waals surface area contributed by atoms with E-state index in [1.54, 1.807) is 0 Å². The van der Waals surface area contributed by atoms with Crippen LogP contribution in [0.2, 0.25) is 0 Å². The highest BCUT2D eigenvalue weighted by Crippen LogP contribution is 2.27. The highest BCUT2D eigenvalue weighted by molar-refractivity contribution is 7.98. The van der Waals surface area contributed by atoms with Gasteiger partial charge < -0.3 is 4.57 Å². The third-order valence-electron chi connectivity index (χ3n) is 3.04. The molecule has 0 spiro atoms. The SMILES string of the molecule is CCSCc1cc2cc(C)ccc2n1C(C)C. The maximum absolute atomic E-state index is 2.47. The van der Waals surface area contributed by atoms with Crippen LogP contribution >= 0.6 is 11.8 Å². The van der Waals surface area contributed by atoms with Crippen molar-refractivity contribution in [3.05, 3.63) is 35.5 Å². The average Bonchev–Trinajstić information content (AvgIpc) is 2.63. The molecule has 1 heterocycles. The fraction of sp³-hybridized carbons (Fsp3) is 0.467. The quantitative estimate of drug-likeness (QED) is 0.752. The topological polar surface area (TPSA) is 4.93 Å². The first kappa shape index (κ1) is 12.6. The predicted octanol–water partition coefficient (Wildman–Crippen LogP) is 4.78. The third kappa shape index (κ3) is 2.52. The van der Waals surface area contributed by atoms with Gasteiger partial charge in [0.05, 0.1) is 0 Å². The van der Waals surface area contributed by atoms with Crippen molar-refractivity contribution in [2.24, 2.45) is 0 Å². The summed E-state index contributed by atoms with van der Waals surface area (Å²) in [5.74, 6) is 2.29. The van der Waals surface area contributed by atoms with Crippen molar-refractivity contribution >= 4 is 22.7 Å². The van der Waals surface area contributed by atoms with Crippen molar-refractivity contribution in [3.63, 3.8) is 0 Å². The molecule has 92 valence electrons. The van der Waals surface area contributed by atoms with Crippen molar-refractivity contribution in [2.45, 2.75) is 39.5 Å². The van der Waals surface area contributed by atoms with Crippen molar-refractivity contribution < 1.29 is 0 Å². The van der Waals surface area contributed by atoms with Gasteiger partial charge in [-0.3, -0.25) is 0 Å². The summed E-state index contributed by atoms with van der Waals surface area (Å²) in [7, 11) is 0. The molecule has 2 rings (SSSR count). The van der Waals surface area contributed by atoms with Crippen LogP contribution in [0.15, 0.2) is 24.3 Å². The maximum Gasteiger partial charge on any atom is 0.0485 e. The van der Waals surface area contributed by atoms with E-state index >= 15 is 0 Å². The monoisotopic (exact) mass is 247 g/mol. The number of aromatic nitrogens is 1. The Labute approximate surface area is 108 Å². The van der Waals surface area contributed by atoms with E-state index in [-0.39, 0.29) is 0 Å². The number of fused-ring (bicyclic) bond motifs is 1. The molecule has 0 aliphatic rings. The second kappa shape index (κ2) is 5.18. The lowest BCUT2D eigenvalue weighted by Crippen LogP contribution is -2.04. The fourth-order valence-corrected chi connectivity index (χ4v) is 2.98. The van der Waals surface area contributed by atoms with Gasteiger partial charge in [0.25, 0.3) is 0 Å². The Morgan fingerprint density at radius 3 is 2.65 bits per heavy atom. The first-order chi connectivity index (χ1) is 8.13. The Morgan fingerprint density at radius 1 is 1.24 bits per heavy atom. The summed E-state index contributed by atoms with van der Waals surface area (Å²) in [5.41, 5.74) is 4.16. The number of hydrogen-bond donors (Lipinski definition) is 0. The molecule has 0 amide bonds. The van der Waals surface area contributed by atoms with E-state index in [0.29, 0.717) is 6.04 Å². The van der Waals surface area contributed by atoms with E-state index < -0.39 is 0 Å². The number of nitrogens with zero attached hydrogens (tertiary/aromatic N) is 1. The molecule has 1 aromatic heterocycles. The van der Waals surface area contributed by atoms with Crippen molar-refractivity contribution in [3.8, 4) is 0 Å². The standard InChI is InChI=1S/C15H21NS/c1-5-17-10-14-9-13-8-12(4)6-7-15(13)16(14)11(2)3/h6-9,11H,5,10H2,1-4H3. The third-order valence-corrected chi connectivity index (χ3v) is 3.95. The molecule has 17 heavy (non-hydrogen) atoms. The molecule has 1 nitrogen and oxygen atoms in total. The summed E-state index contributed by atoms with van der Waals surface area (Å²) >= 11 is 1.99. The van der Waals surface area contributed by atoms with Crippen molar-refractivity contribution in [1.82, 2.24) is 4.57 Å². The van der Waals surface area contributed by atoms with E-state index in [9.17, 15) is 0 Å². The largest absolute Gasteiger partial charge is 0.341 e. The van der Waals surface area contributed by atoms with Gasteiger partial charge in [0.15, 0.2) is 0 Å². The molecule has 2 aromatic rings. The van der Waals surface area contributed by atoms with E-state index in [4.69, 9.17) is 0 Å². The molecule has 0 aliphatic heterocycles. The van der Waals surface area contributed by atoms with E-state index in [0.717, 1.165) is 5.75 Å². The van der Waals surface area contributed by atoms with Crippen LogP contribution in [0, 0.1) is 6.92 Å². The summed E-state index contributed by atoms with van der Waals surface area (Å²) in [6, 6.07) is 9.63. The molecular formula is C15H21NS. The Bertz CT molecular complexity index is 511. The number of aryl methyl sites for hydroxylation is 1. The minimum atomic E-state index is 0.530. The Kier molecular flexibility index (Phi) is 3.82. The molecular weight excluding hydrogens is 226 g/mol. The van der Waals surface area contributed by atoms with Crippen LogP contribution in [0.3, 0.4) is 0 Å². The summed E-state index contributed by atoms with van der Waals surface area (Å²) < 4.78 is 2.47. The van der Waals surface area contributed by atoms with Crippen LogP contribution in [-0.4, -0.2) is 10.3 Å². The first-order valence-corrected chi connectivity index (χ1v) is 7.47. The van der Waals surface area contributed by atoms with Crippen LogP contribution in [0.1, 0.15) is 38.1 Å². The summed E-state index contributed by atoms with van der Waals surface area (Å²) in [6.07, 6.45) is 0. The van der Waals surface area contributed by atoms with E-state index in [1.165, 1.54) is 27.9 Å². The second-order valence-electron chi connectivity index (χ2n) is 4.80. The number of hydrogen-bond acceptors (Lipinski definition) is 1. The van der Waals surface area contributed by atoms with Crippen LogP contribution < -0.4 is 0 Å². The van der Waals surface area contributed by atoms with Crippen LogP contribution in [-0.2, 0) is 5.75 Å². The zero-order chi connectivity index (χ0) is 12.4. The normalized spacial score (nSPS) is 11.6. The zero-order valence-electron chi connectivity index (χ0n) is 11.2. The summed E-state index contributed by atoms with van der Waals surface area (Å²) in [5, 5.41) is 1.38. The van der Waals surface area contributed by atoms with Gasteiger partial charge in [0.2, 0.25) is 0 Å². The molecule has 0 atom stereocenters. The minimum Gasteiger partial charge on any atom is -0.341 e. The number of benzene rings is 1. The van der Waals surface area contributed by atoms with Crippen molar-refractivity contribution in [1.29, 1.82) is 0 Å². The van der Waals surface area contributed by atoms with Gasteiger partial charge in [-0.2, -0.15) is 11.8 Å². The van der Waals surface area contributed by atoms with Gasteiger partial charge in [-0.15, -0.1) is 0 Å². The zero-order valence-corrected chi connectivity index (χ0v) is 12.0. The number of rotatable bonds is 4. The van der Waals surface area contributed by atoms with E-state index in [2.05, 4.69) is 56.5 Å². The molecule has 1 aromatic carbocycles. The van der Waals surface area contributed by atoms with Gasteiger partial charge in [0.1, 0.15) is 0 Å². The fourth-order valence-electron chi connectivity index (χ4n) is 2.34. The summed E-state index contributed by atoms with van der Waals surface area (Å²) in [6.45, 7) is 8.91. The lowest BCUT2D eigenvalue weighted by atomic mass is 10.2. The molecule has 0 aliphatic carbocycles. The van der Waals surface area contributed by atoms with Crippen LogP contribution in [0.5, 0.6) is 0 Å². The smallest absolute Gasteiger partial charge is 0.0485 e. The molecule has 0 unspecified atom stereocenters. The van der Waals surface area contributed by atoms with Gasteiger partial charge in [0, 0.05) is 28.4 Å². The van der Waals surface area contributed by atoms with Gasteiger partial charge >= 0.3 is 0 Å². The Balaban J connectivity index is 2.53. The molecule has 0 bridgehead atoms. The lowest BCUT2D eigenvalue weighted by molar-refractivity contribution is 0.606. The second-order valence-corrected chi connectivity index (χ2v) is 6.07. The molecule has 2 heteroatoms.